The Morgan fingerprint density at radius 3 is 2.71 bits per heavy atom. The summed E-state index contributed by atoms with van der Waals surface area (Å²) >= 11 is 3.07. The zero-order valence-corrected chi connectivity index (χ0v) is 18.1. The van der Waals surface area contributed by atoms with Gasteiger partial charge in [0.1, 0.15) is 15.7 Å². The van der Waals surface area contributed by atoms with Crippen LogP contribution in [0.15, 0.2) is 23.2 Å². The number of benzene rings is 1. The molecule has 0 bridgehead atoms. The topological polar surface area (TPSA) is 55.3 Å². The van der Waals surface area contributed by atoms with Crippen LogP contribution >= 0.6 is 23.1 Å². The highest BCUT2D eigenvalue weighted by molar-refractivity contribution is 8.00. The molecule has 2 heterocycles. The number of fused-ring (bicyclic) bond motifs is 1. The van der Waals surface area contributed by atoms with Gasteiger partial charge in [0.2, 0.25) is 5.91 Å². The summed E-state index contributed by atoms with van der Waals surface area (Å²) in [5.41, 5.74) is 1.88. The van der Waals surface area contributed by atoms with Crippen LogP contribution in [0.1, 0.15) is 21.8 Å². The highest BCUT2D eigenvalue weighted by Gasteiger charge is 2.17. The van der Waals surface area contributed by atoms with Crippen molar-refractivity contribution in [1.29, 1.82) is 0 Å². The highest BCUT2D eigenvalue weighted by Crippen LogP contribution is 2.35. The number of methoxy groups -OCH3 is 1. The van der Waals surface area contributed by atoms with Gasteiger partial charge in [-0.2, -0.15) is 0 Å². The van der Waals surface area contributed by atoms with E-state index in [9.17, 15) is 9.18 Å². The zero-order chi connectivity index (χ0) is 20.4. The van der Waals surface area contributed by atoms with Crippen LogP contribution in [-0.4, -0.2) is 40.7 Å². The Labute approximate surface area is 171 Å². The summed E-state index contributed by atoms with van der Waals surface area (Å²) in [6.07, 6.45) is 0. The Hall–Kier alpha value is -2.19. The molecule has 5 nitrogen and oxygen atoms in total. The van der Waals surface area contributed by atoms with E-state index >= 15 is 0 Å². The van der Waals surface area contributed by atoms with Crippen molar-refractivity contribution in [3.8, 4) is 5.75 Å². The van der Waals surface area contributed by atoms with Crippen LogP contribution < -0.4 is 4.74 Å². The maximum Gasteiger partial charge on any atom is 0.233 e. The molecule has 3 aromatic rings. The molecule has 0 spiro atoms. The van der Waals surface area contributed by atoms with Gasteiger partial charge in [-0.15, -0.1) is 11.3 Å². The number of rotatable bonds is 6. The van der Waals surface area contributed by atoms with Gasteiger partial charge in [-0.25, -0.2) is 14.4 Å². The molecule has 0 saturated carbocycles. The Balaban J connectivity index is 1.70. The van der Waals surface area contributed by atoms with Gasteiger partial charge in [0.15, 0.2) is 11.6 Å². The lowest BCUT2D eigenvalue weighted by Gasteiger charge is -2.17. The molecule has 8 heteroatoms. The second-order valence-electron chi connectivity index (χ2n) is 6.55. The van der Waals surface area contributed by atoms with Crippen molar-refractivity contribution in [3.63, 3.8) is 0 Å². The Morgan fingerprint density at radius 1 is 1.29 bits per heavy atom. The first-order valence-electron chi connectivity index (χ1n) is 8.73. The smallest absolute Gasteiger partial charge is 0.233 e. The van der Waals surface area contributed by atoms with E-state index in [4.69, 9.17) is 4.74 Å². The number of thioether (sulfide) groups is 1. The minimum atomic E-state index is -0.433. The van der Waals surface area contributed by atoms with E-state index in [1.165, 1.54) is 29.8 Å². The van der Waals surface area contributed by atoms with E-state index in [-0.39, 0.29) is 17.4 Å². The van der Waals surface area contributed by atoms with Crippen molar-refractivity contribution in [2.45, 2.75) is 32.3 Å². The maximum absolute atomic E-state index is 13.9. The maximum atomic E-state index is 13.9. The largest absolute Gasteiger partial charge is 0.494 e. The van der Waals surface area contributed by atoms with Gasteiger partial charge in [-0.3, -0.25) is 4.79 Å². The Kier molecular flexibility index (Phi) is 6.20. The second-order valence-corrected chi connectivity index (χ2v) is 8.71. The summed E-state index contributed by atoms with van der Waals surface area (Å²) in [6, 6.07) is 4.72. The SMILES string of the molecule is COc1ccc(CN(C)C(=O)CSc2nc(C)nc3sc(C)c(C)c23)cc1F. The predicted molar refractivity (Wildman–Crippen MR) is 112 cm³/mol. The summed E-state index contributed by atoms with van der Waals surface area (Å²) < 4.78 is 18.8. The molecular formula is C20H22FN3O2S2. The van der Waals surface area contributed by atoms with Crippen LogP contribution in [0.5, 0.6) is 5.75 Å². The van der Waals surface area contributed by atoms with E-state index in [1.807, 2.05) is 6.92 Å². The number of hydrogen-bond acceptors (Lipinski definition) is 6. The van der Waals surface area contributed by atoms with Gasteiger partial charge in [-0.05, 0) is 44.0 Å². The minimum absolute atomic E-state index is 0.0461. The summed E-state index contributed by atoms with van der Waals surface area (Å²) in [6.45, 7) is 6.32. The summed E-state index contributed by atoms with van der Waals surface area (Å²) in [7, 11) is 3.14. The van der Waals surface area contributed by atoms with Crippen molar-refractivity contribution >= 4 is 39.2 Å². The minimum Gasteiger partial charge on any atom is -0.494 e. The average molecular weight is 420 g/mol. The predicted octanol–water partition coefficient (Wildman–Crippen LogP) is 4.51. The van der Waals surface area contributed by atoms with E-state index in [1.54, 1.807) is 35.4 Å². The van der Waals surface area contributed by atoms with Crippen LogP contribution in [0.25, 0.3) is 10.2 Å². The van der Waals surface area contributed by atoms with E-state index in [0.717, 1.165) is 20.8 Å². The van der Waals surface area contributed by atoms with Crippen LogP contribution in [0.4, 0.5) is 4.39 Å². The molecule has 0 aliphatic heterocycles. The van der Waals surface area contributed by atoms with Crippen molar-refractivity contribution in [2.75, 3.05) is 19.9 Å². The number of amides is 1. The molecule has 0 atom stereocenters. The molecule has 148 valence electrons. The van der Waals surface area contributed by atoms with Gasteiger partial charge in [0.25, 0.3) is 0 Å². The molecule has 28 heavy (non-hydrogen) atoms. The standard InChI is InChI=1S/C20H22FN3O2S2/c1-11-12(2)28-20-18(11)19(22-13(3)23-20)27-10-17(25)24(4)9-14-6-7-16(26-5)15(21)8-14/h6-8H,9-10H2,1-5H3. The van der Waals surface area contributed by atoms with Crippen molar-refractivity contribution in [3.05, 3.63) is 45.8 Å². The Morgan fingerprint density at radius 2 is 2.04 bits per heavy atom. The lowest BCUT2D eigenvalue weighted by molar-refractivity contribution is -0.127. The van der Waals surface area contributed by atoms with Crippen LogP contribution in [-0.2, 0) is 11.3 Å². The number of carbonyl (C=O) groups is 1. The normalized spacial score (nSPS) is 11.1. The van der Waals surface area contributed by atoms with Gasteiger partial charge in [0.05, 0.1) is 12.9 Å². The third kappa shape index (κ3) is 4.28. The first kappa shape index (κ1) is 20.5. The molecule has 3 rings (SSSR count). The first-order chi connectivity index (χ1) is 13.3. The lowest BCUT2D eigenvalue weighted by Crippen LogP contribution is -2.27. The molecule has 0 N–H and O–H groups in total. The average Bonchev–Trinajstić information content (AvgIpc) is 2.93. The number of halogens is 1. The summed E-state index contributed by atoms with van der Waals surface area (Å²) in [5.74, 6) is 0.672. The monoisotopic (exact) mass is 419 g/mol. The van der Waals surface area contributed by atoms with Crippen LogP contribution in [0, 0.1) is 26.6 Å². The van der Waals surface area contributed by atoms with Gasteiger partial charge < -0.3 is 9.64 Å². The van der Waals surface area contributed by atoms with E-state index < -0.39 is 5.82 Å². The number of aromatic nitrogens is 2. The molecule has 0 fully saturated rings. The third-order valence-electron chi connectivity index (χ3n) is 4.50. The molecule has 2 aromatic heterocycles. The fourth-order valence-corrected chi connectivity index (χ4v) is 5.04. The lowest BCUT2D eigenvalue weighted by atomic mass is 10.2. The number of thiophene rings is 1. The number of ether oxygens (including phenoxy) is 1. The van der Waals surface area contributed by atoms with Crippen molar-refractivity contribution < 1.29 is 13.9 Å². The van der Waals surface area contributed by atoms with E-state index in [0.29, 0.717) is 17.9 Å². The Bertz CT molecular complexity index is 1040. The highest BCUT2D eigenvalue weighted by atomic mass is 32.2. The molecular weight excluding hydrogens is 397 g/mol. The number of nitrogens with zero attached hydrogens (tertiary/aromatic N) is 3. The molecule has 0 aliphatic carbocycles. The van der Waals surface area contributed by atoms with Crippen molar-refractivity contribution in [2.24, 2.45) is 0 Å². The van der Waals surface area contributed by atoms with Crippen LogP contribution in [0.2, 0.25) is 0 Å². The number of hydrogen-bond donors (Lipinski definition) is 0. The fraction of sp³-hybridized carbons (Fsp3) is 0.350. The number of carbonyl (C=O) groups excluding carboxylic acids is 1. The third-order valence-corrected chi connectivity index (χ3v) is 6.56. The van der Waals surface area contributed by atoms with Crippen molar-refractivity contribution in [1.82, 2.24) is 14.9 Å². The summed E-state index contributed by atoms with van der Waals surface area (Å²) in [4.78, 5) is 25.4. The molecule has 0 aliphatic rings. The fourth-order valence-electron chi connectivity index (χ4n) is 2.83. The molecule has 1 amide bonds. The zero-order valence-electron chi connectivity index (χ0n) is 16.5. The van der Waals surface area contributed by atoms with Crippen LogP contribution in [0.3, 0.4) is 0 Å². The van der Waals surface area contributed by atoms with Gasteiger partial charge in [-0.1, -0.05) is 17.8 Å². The van der Waals surface area contributed by atoms with Gasteiger partial charge in [0, 0.05) is 23.9 Å². The summed E-state index contributed by atoms with van der Waals surface area (Å²) in [5, 5.41) is 1.87. The number of aryl methyl sites for hydroxylation is 3. The van der Waals surface area contributed by atoms with E-state index in [2.05, 4.69) is 23.8 Å². The molecule has 0 unspecified atom stereocenters. The first-order valence-corrected chi connectivity index (χ1v) is 10.5. The molecule has 1 aromatic carbocycles. The van der Waals surface area contributed by atoms with Gasteiger partial charge >= 0.3 is 0 Å². The second kappa shape index (κ2) is 8.45. The quantitative estimate of drug-likeness (QED) is 0.434. The molecule has 0 radical (unpaired) electrons. The molecule has 0 saturated heterocycles.